The van der Waals surface area contributed by atoms with Crippen LogP contribution in [0.25, 0.3) is 0 Å². The number of nitrogens with one attached hydrogen (secondary N) is 1. The zero-order chi connectivity index (χ0) is 12.6. The second-order valence-corrected chi connectivity index (χ2v) is 6.02. The standard InChI is InChI=1S/C10H22N2O4S/c13-7-2-10-17(14,15)11-3-1-4-12-5-8-16-9-6-12/h11,13H,1-10H2. The molecule has 0 atom stereocenters. The molecule has 1 saturated heterocycles. The maximum Gasteiger partial charge on any atom is 0.211 e. The average molecular weight is 266 g/mol. The molecule has 0 amide bonds. The summed E-state index contributed by atoms with van der Waals surface area (Å²) in [5.41, 5.74) is 0. The molecule has 0 bridgehead atoms. The van der Waals surface area contributed by atoms with Crippen LogP contribution in [0, 0.1) is 0 Å². The lowest BCUT2D eigenvalue weighted by atomic mass is 10.3. The summed E-state index contributed by atoms with van der Waals surface area (Å²) in [7, 11) is -3.20. The Hall–Kier alpha value is -0.210. The third-order valence-corrected chi connectivity index (χ3v) is 4.12. The molecule has 7 heteroatoms. The highest BCUT2D eigenvalue weighted by atomic mass is 32.2. The molecule has 1 rings (SSSR count). The number of morpholine rings is 1. The van der Waals surface area contributed by atoms with Gasteiger partial charge in [0.2, 0.25) is 10.0 Å². The zero-order valence-corrected chi connectivity index (χ0v) is 10.9. The molecule has 102 valence electrons. The summed E-state index contributed by atoms with van der Waals surface area (Å²) in [4.78, 5) is 2.27. The second kappa shape index (κ2) is 7.99. The van der Waals surface area contributed by atoms with Gasteiger partial charge in [-0.05, 0) is 19.4 Å². The molecule has 0 aliphatic carbocycles. The van der Waals surface area contributed by atoms with Gasteiger partial charge in [-0.25, -0.2) is 13.1 Å². The van der Waals surface area contributed by atoms with Crippen LogP contribution >= 0.6 is 0 Å². The summed E-state index contributed by atoms with van der Waals surface area (Å²) < 4.78 is 30.5. The van der Waals surface area contributed by atoms with E-state index >= 15 is 0 Å². The Balaban J connectivity index is 2.06. The minimum absolute atomic E-state index is 0.00105. The molecular weight excluding hydrogens is 244 g/mol. The summed E-state index contributed by atoms with van der Waals surface area (Å²) in [6, 6.07) is 0. The first-order valence-electron chi connectivity index (χ1n) is 6.02. The molecule has 0 unspecified atom stereocenters. The summed E-state index contributed by atoms with van der Waals surface area (Å²) in [6.45, 7) is 4.66. The predicted molar refractivity (Wildman–Crippen MR) is 65.4 cm³/mol. The molecule has 0 aromatic heterocycles. The van der Waals surface area contributed by atoms with E-state index in [1.165, 1.54) is 0 Å². The van der Waals surface area contributed by atoms with Crippen LogP contribution in [0.2, 0.25) is 0 Å². The number of sulfonamides is 1. The van der Waals surface area contributed by atoms with Gasteiger partial charge in [0.25, 0.3) is 0 Å². The first kappa shape index (κ1) is 14.8. The highest BCUT2D eigenvalue weighted by Crippen LogP contribution is 1.98. The largest absolute Gasteiger partial charge is 0.396 e. The first-order chi connectivity index (χ1) is 8.14. The maximum atomic E-state index is 11.4. The Bertz CT molecular complexity index is 289. The van der Waals surface area contributed by atoms with Crippen LogP contribution < -0.4 is 4.72 Å². The van der Waals surface area contributed by atoms with Crippen LogP contribution in [-0.4, -0.2) is 70.2 Å². The van der Waals surface area contributed by atoms with Gasteiger partial charge >= 0.3 is 0 Å². The monoisotopic (exact) mass is 266 g/mol. The number of aliphatic hydroxyl groups is 1. The van der Waals surface area contributed by atoms with E-state index in [4.69, 9.17) is 9.84 Å². The number of rotatable bonds is 8. The molecule has 17 heavy (non-hydrogen) atoms. The molecule has 2 N–H and O–H groups in total. The van der Waals surface area contributed by atoms with Gasteiger partial charge in [-0.1, -0.05) is 0 Å². The fraction of sp³-hybridized carbons (Fsp3) is 1.00. The van der Waals surface area contributed by atoms with Crippen LogP contribution in [0.4, 0.5) is 0 Å². The van der Waals surface area contributed by atoms with E-state index in [0.717, 1.165) is 39.3 Å². The maximum absolute atomic E-state index is 11.4. The molecule has 0 radical (unpaired) electrons. The third kappa shape index (κ3) is 6.95. The molecule has 0 aromatic rings. The Morgan fingerprint density at radius 2 is 1.94 bits per heavy atom. The highest BCUT2D eigenvalue weighted by Gasteiger charge is 2.11. The fourth-order valence-corrected chi connectivity index (χ4v) is 2.79. The lowest BCUT2D eigenvalue weighted by Crippen LogP contribution is -2.38. The molecule has 1 aliphatic heterocycles. The van der Waals surface area contributed by atoms with Crippen LogP contribution in [0.1, 0.15) is 12.8 Å². The number of hydrogen-bond donors (Lipinski definition) is 2. The first-order valence-corrected chi connectivity index (χ1v) is 7.67. The Morgan fingerprint density at radius 1 is 1.24 bits per heavy atom. The van der Waals surface area contributed by atoms with Crippen molar-refractivity contribution in [2.24, 2.45) is 0 Å². The Kier molecular flexibility index (Phi) is 6.98. The van der Waals surface area contributed by atoms with Crippen LogP contribution in [0.5, 0.6) is 0 Å². The van der Waals surface area contributed by atoms with Gasteiger partial charge < -0.3 is 9.84 Å². The fourth-order valence-electron chi connectivity index (χ4n) is 1.68. The van der Waals surface area contributed by atoms with Gasteiger partial charge in [0.1, 0.15) is 0 Å². The van der Waals surface area contributed by atoms with E-state index in [1.54, 1.807) is 0 Å². The second-order valence-electron chi connectivity index (χ2n) is 4.10. The molecule has 0 aromatic carbocycles. The van der Waals surface area contributed by atoms with E-state index < -0.39 is 10.0 Å². The van der Waals surface area contributed by atoms with Crippen molar-refractivity contribution in [1.29, 1.82) is 0 Å². The predicted octanol–water partition coefficient (Wildman–Crippen LogP) is -0.989. The van der Waals surface area contributed by atoms with Gasteiger partial charge in [0.15, 0.2) is 0 Å². The molecule has 1 heterocycles. The zero-order valence-electron chi connectivity index (χ0n) is 10.1. The lowest BCUT2D eigenvalue weighted by Gasteiger charge is -2.26. The van der Waals surface area contributed by atoms with Gasteiger partial charge in [-0.15, -0.1) is 0 Å². The SMILES string of the molecule is O=S(=O)(CCCO)NCCCN1CCOCC1. The number of nitrogens with zero attached hydrogens (tertiary/aromatic N) is 1. The molecule has 1 fully saturated rings. The Morgan fingerprint density at radius 3 is 2.59 bits per heavy atom. The van der Waals surface area contributed by atoms with Gasteiger partial charge in [-0.2, -0.15) is 0 Å². The number of hydrogen-bond acceptors (Lipinski definition) is 5. The summed E-state index contributed by atoms with van der Waals surface area (Å²) in [6.07, 6.45) is 1.09. The van der Waals surface area contributed by atoms with Crippen LogP contribution in [0.3, 0.4) is 0 Å². The third-order valence-electron chi connectivity index (χ3n) is 2.65. The smallest absolute Gasteiger partial charge is 0.211 e. The molecule has 0 saturated carbocycles. The van der Waals surface area contributed by atoms with Crippen molar-refractivity contribution >= 4 is 10.0 Å². The van der Waals surface area contributed by atoms with Crippen molar-refractivity contribution in [2.45, 2.75) is 12.8 Å². The Labute approximate surface area is 103 Å². The van der Waals surface area contributed by atoms with E-state index in [2.05, 4.69) is 9.62 Å². The topological polar surface area (TPSA) is 78.9 Å². The number of ether oxygens (including phenoxy) is 1. The highest BCUT2D eigenvalue weighted by molar-refractivity contribution is 7.89. The van der Waals surface area contributed by atoms with Gasteiger partial charge in [0, 0.05) is 26.2 Å². The molecule has 1 aliphatic rings. The van der Waals surface area contributed by atoms with Crippen molar-refractivity contribution < 1.29 is 18.3 Å². The minimum atomic E-state index is -3.20. The molecular formula is C10H22N2O4S. The minimum Gasteiger partial charge on any atom is -0.396 e. The van der Waals surface area contributed by atoms with Crippen molar-refractivity contribution in [2.75, 3.05) is 51.8 Å². The number of aliphatic hydroxyl groups excluding tert-OH is 1. The quantitative estimate of drug-likeness (QED) is 0.552. The van der Waals surface area contributed by atoms with E-state index in [1.807, 2.05) is 0 Å². The summed E-state index contributed by atoms with van der Waals surface area (Å²) in [5, 5.41) is 8.56. The van der Waals surface area contributed by atoms with Gasteiger partial charge in [0.05, 0.1) is 19.0 Å². The van der Waals surface area contributed by atoms with Crippen molar-refractivity contribution in [3.63, 3.8) is 0 Å². The van der Waals surface area contributed by atoms with Crippen molar-refractivity contribution in [3.8, 4) is 0 Å². The molecule has 6 nitrogen and oxygen atoms in total. The van der Waals surface area contributed by atoms with E-state index in [9.17, 15) is 8.42 Å². The lowest BCUT2D eigenvalue weighted by molar-refractivity contribution is 0.0376. The van der Waals surface area contributed by atoms with E-state index in [0.29, 0.717) is 13.0 Å². The molecule has 0 spiro atoms. The van der Waals surface area contributed by atoms with Gasteiger partial charge in [-0.3, -0.25) is 4.90 Å². The van der Waals surface area contributed by atoms with Crippen LogP contribution in [0.15, 0.2) is 0 Å². The van der Waals surface area contributed by atoms with Crippen LogP contribution in [-0.2, 0) is 14.8 Å². The normalized spacial score (nSPS) is 18.4. The van der Waals surface area contributed by atoms with E-state index in [-0.39, 0.29) is 12.4 Å². The van der Waals surface area contributed by atoms with Crippen molar-refractivity contribution in [1.82, 2.24) is 9.62 Å². The summed E-state index contributed by atoms with van der Waals surface area (Å²) in [5.74, 6) is 0.00105. The van der Waals surface area contributed by atoms with Crippen molar-refractivity contribution in [3.05, 3.63) is 0 Å². The average Bonchev–Trinajstić information content (AvgIpc) is 2.34. The summed E-state index contributed by atoms with van der Waals surface area (Å²) >= 11 is 0.